The normalized spacial score (nSPS) is 18.4. The van der Waals surface area contributed by atoms with Gasteiger partial charge in [-0.1, -0.05) is 25.3 Å². The fourth-order valence-corrected chi connectivity index (χ4v) is 3.92. The number of aromatic nitrogens is 3. The second-order valence-corrected chi connectivity index (χ2v) is 7.90. The van der Waals surface area contributed by atoms with Crippen molar-refractivity contribution < 1.29 is 9.59 Å². The molecule has 2 fully saturated rings. The molecule has 0 spiro atoms. The molecule has 148 valence electrons. The van der Waals surface area contributed by atoms with Crippen molar-refractivity contribution in [3.63, 3.8) is 0 Å². The lowest BCUT2D eigenvalue weighted by Crippen LogP contribution is -2.38. The maximum Gasteiger partial charge on any atom is 0.254 e. The van der Waals surface area contributed by atoms with E-state index in [1.807, 2.05) is 18.3 Å². The molecule has 7 heteroatoms. The van der Waals surface area contributed by atoms with Gasteiger partial charge in [0.1, 0.15) is 6.54 Å². The molecule has 1 unspecified atom stereocenters. The summed E-state index contributed by atoms with van der Waals surface area (Å²) in [7, 11) is 0. The predicted molar refractivity (Wildman–Crippen MR) is 104 cm³/mol. The van der Waals surface area contributed by atoms with Gasteiger partial charge in [0, 0.05) is 24.6 Å². The van der Waals surface area contributed by atoms with E-state index in [-0.39, 0.29) is 30.4 Å². The Morgan fingerprint density at radius 3 is 2.68 bits per heavy atom. The van der Waals surface area contributed by atoms with E-state index in [2.05, 4.69) is 20.7 Å². The Kier molecular flexibility index (Phi) is 5.69. The lowest BCUT2D eigenvalue weighted by Gasteiger charge is -2.22. The van der Waals surface area contributed by atoms with Gasteiger partial charge in [-0.25, -0.2) is 0 Å². The van der Waals surface area contributed by atoms with E-state index < -0.39 is 0 Å². The molecular weight excluding hydrogens is 354 g/mol. The summed E-state index contributed by atoms with van der Waals surface area (Å²) in [4.78, 5) is 29.1. The van der Waals surface area contributed by atoms with E-state index in [9.17, 15) is 9.59 Å². The van der Waals surface area contributed by atoms with E-state index in [4.69, 9.17) is 0 Å². The Labute approximate surface area is 164 Å². The second kappa shape index (κ2) is 8.54. The molecule has 28 heavy (non-hydrogen) atoms. The third-order valence-electron chi connectivity index (χ3n) is 5.59. The molecule has 0 aliphatic heterocycles. The van der Waals surface area contributed by atoms with Crippen molar-refractivity contribution in [3.8, 4) is 0 Å². The quantitative estimate of drug-likeness (QED) is 0.772. The van der Waals surface area contributed by atoms with Crippen LogP contribution in [-0.4, -0.2) is 32.6 Å². The molecule has 2 aromatic heterocycles. The summed E-state index contributed by atoms with van der Waals surface area (Å²) in [6.07, 6.45) is 14.6. The summed E-state index contributed by atoms with van der Waals surface area (Å²) >= 11 is 0. The van der Waals surface area contributed by atoms with Gasteiger partial charge in [-0.15, -0.1) is 0 Å². The van der Waals surface area contributed by atoms with Crippen molar-refractivity contribution >= 4 is 11.8 Å². The van der Waals surface area contributed by atoms with Crippen LogP contribution in [0.1, 0.15) is 66.9 Å². The van der Waals surface area contributed by atoms with Crippen molar-refractivity contribution in [2.45, 2.75) is 63.6 Å². The number of rotatable bonds is 7. The van der Waals surface area contributed by atoms with E-state index >= 15 is 0 Å². The third kappa shape index (κ3) is 4.77. The second-order valence-electron chi connectivity index (χ2n) is 7.90. The Bertz CT molecular complexity index is 809. The number of hydrogen-bond acceptors (Lipinski definition) is 4. The summed E-state index contributed by atoms with van der Waals surface area (Å²) in [6, 6.07) is 4.13. The average Bonchev–Trinajstić information content (AvgIpc) is 3.45. The van der Waals surface area contributed by atoms with Gasteiger partial charge in [-0.05, 0) is 43.2 Å². The first-order valence-corrected chi connectivity index (χ1v) is 10.2. The van der Waals surface area contributed by atoms with Crippen LogP contribution < -0.4 is 10.6 Å². The molecule has 2 saturated carbocycles. The van der Waals surface area contributed by atoms with Gasteiger partial charge in [0.15, 0.2) is 0 Å². The molecular formula is C21H27N5O2. The SMILES string of the molecule is O=C(Cn1cc(C(=O)NC(c2cccnc2)C2CC2)cn1)NC1CCCCC1. The van der Waals surface area contributed by atoms with Crippen LogP contribution in [0.5, 0.6) is 0 Å². The van der Waals surface area contributed by atoms with Gasteiger partial charge >= 0.3 is 0 Å². The Hall–Kier alpha value is -2.70. The van der Waals surface area contributed by atoms with Gasteiger partial charge < -0.3 is 10.6 Å². The van der Waals surface area contributed by atoms with Crippen LogP contribution >= 0.6 is 0 Å². The fraction of sp³-hybridized carbons (Fsp3) is 0.524. The molecule has 0 radical (unpaired) electrons. The summed E-state index contributed by atoms with van der Waals surface area (Å²) < 4.78 is 1.53. The molecule has 4 rings (SSSR count). The largest absolute Gasteiger partial charge is 0.352 e. The smallest absolute Gasteiger partial charge is 0.254 e. The van der Waals surface area contributed by atoms with E-state index in [0.717, 1.165) is 31.2 Å². The van der Waals surface area contributed by atoms with Crippen LogP contribution in [0.3, 0.4) is 0 Å². The highest BCUT2D eigenvalue weighted by Crippen LogP contribution is 2.40. The zero-order valence-corrected chi connectivity index (χ0v) is 16.0. The van der Waals surface area contributed by atoms with E-state index in [1.165, 1.54) is 30.1 Å². The first kappa shape index (κ1) is 18.7. The van der Waals surface area contributed by atoms with Crippen molar-refractivity contribution in [1.29, 1.82) is 0 Å². The molecule has 2 N–H and O–H groups in total. The highest BCUT2D eigenvalue weighted by atomic mass is 16.2. The molecule has 1 atom stereocenters. The van der Waals surface area contributed by atoms with Crippen molar-refractivity contribution in [1.82, 2.24) is 25.4 Å². The maximum atomic E-state index is 12.7. The first-order chi connectivity index (χ1) is 13.7. The molecule has 0 bridgehead atoms. The molecule has 2 aromatic rings. The standard InChI is InChI=1S/C21H27N5O2/c27-19(24-18-6-2-1-3-7-18)14-26-13-17(12-23-26)21(28)25-20(15-8-9-15)16-5-4-10-22-11-16/h4-5,10-13,15,18,20H,1-3,6-9,14H2,(H,24,27)(H,25,28). The van der Waals surface area contributed by atoms with Crippen LogP contribution in [0.15, 0.2) is 36.9 Å². The number of nitrogens with one attached hydrogen (secondary N) is 2. The van der Waals surface area contributed by atoms with Crippen LogP contribution in [0.2, 0.25) is 0 Å². The van der Waals surface area contributed by atoms with Crippen LogP contribution in [0.25, 0.3) is 0 Å². The summed E-state index contributed by atoms with van der Waals surface area (Å²) in [6.45, 7) is 0.137. The zero-order chi connectivity index (χ0) is 19.3. The Morgan fingerprint density at radius 1 is 1.14 bits per heavy atom. The number of carbonyl (C=O) groups excluding carboxylic acids is 2. The summed E-state index contributed by atoms with van der Waals surface area (Å²) in [5.74, 6) is 0.248. The lowest BCUT2D eigenvalue weighted by atomic mass is 9.95. The highest BCUT2D eigenvalue weighted by molar-refractivity contribution is 5.94. The topological polar surface area (TPSA) is 88.9 Å². The molecule has 2 amide bonds. The fourth-order valence-electron chi connectivity index (χ4n) is 3.92. The van der Waals surface area contributed by atoms with E-state index in [0.29, 0.717) is 11.5 Å². The molecule has 7 nitrogen and oxygen atoms in total. The molecule has 2 aliphatic rings. The minimum atomic E-state index is -0.167. The van der Waals surface area contributed by atoms with Crippen LogP contribution in [0.4, 0.5) is 0 Å². The predicted octanol–water partition coefficient (Wildman–Crippen LogP) is 2.61. The highest BCUT2D eigenvalue weighted by Gasteiger charge is 2.34. The van der Waals surface area contributed by atoms with Gasteiger partial charge in [0.2, 0.25) is 5.91 Å². The zero-order valence-electron chi connectivity index (χ0n) is 16.0. The minimum absolute atomic E-state index is 0.0286. The number of pyridine rings is 1. The summed E-state index contributed by atoms with van der Waals surface area (Å²) in [5.41, 5.74) is 1.50. The summed E-state index contributed by atoms with van der Waals surface area (Å²) in [5, 5.41) is 10.4. The van der Waals surface area contributed by atoms with E-state index in [1.54, 1.807) is 12.4 Å². The lowest BCUT2D eigenvalue weighted by molar-refractivity contribution is -0.122. The Morgan fingerprint density at radius 2 is 1.96 bits per heavy atom. The molecule has 2 aliphatic carbocycles. The number of amides is 2. The van der Waals surface area contributed by atoms with Crippen molar-refractivity contribution in [2.75, 3.05) is 0 Å². The van der Waals surface area contributed by atoms with Gasteiger partial charge in [-0.2, -0.15) is 5.10 Å². The third-order valence-corrected chi connectivity index (χ3v) is 5.59. The first-order valence-electron chi connectivity index (χ1n) is 10.2. The maximum absolute atomic E-state index is 12.7. The van der Waals surface area contributed by atoms with Gasteiger partial charge in [0.05, 0.1) is 17.8 Å². The number of nitrogens with zero attached hydrogens (tertiary/aromatic N) is 3. The van der Waals surface area contributed by atoms with Gasteiger partial charge in [-0.3, -0.25) is 19.3 Å². The minimum Gasteiger partial charge on any atom is -0.352 e. The Balaban J connectivity index is 1.34. The number of carbonyl (C=O) groups is 2. The average molecular weight is 381 g/mol. The molecule has 2 heterocycles. The van der Waals surface area contributed by atoms with Crippen molar-refractivity contribution in [2.24, 2.45) is 5.92 Å². The van der Waals surface area contributed by atoms with Crippen LogP contribution in [0, 0.1) is 5.92 Å². The van der Waals surface area contributed by atoms with Crippen LogP contribution in [-0.2, 0) is 11.3 Å². The number of hydrogen-bond donors (Lipinski definition) is 2. The monoisotopic (exact) mass is 381 g/mol. The molecule has 0 saturated heterocycles. The van der Waals surface area contributed by atoms with Crippen molar-refractivity contribution in [3.05, 3.63) is 48.0 Å². The van der Waals surface area contributed by atoms with Gasteiger partial charge in [0.25, 0.3) is 5.91 Å². The molecule has 0 aromatic carbocycles.